The van der Waals surface area contributed by atoms with E-state index in [4.69, 9.17) is 11.5 Å². The Labute approximate surface area is 188 Å². The first-order valence-electron chi connectivity index (χ1n) is 10.2. The van der Waals surface area contributed by atoms with Gasteiger partial charge in [0.15, 0.2) is 11.6 Å². The standard InChI is InChI=1S/C23H24F4N4O2/c1-13(29)18(32)12-15(4-2-3-11-28)23(33)30-16-8-5-14(6-9-16)7-10-17-19(24)21(26)31-22(27)20(17)25/h5-6,8-9,13,15H,2-4,11-12,28-29H2,1H3,(H,30,33)/t13-,15+/m0/s1. The van der Waals surface area contributed by atoms with Gasteiger partial charge < -0.3 is 16.8 Å². The van der Waals surface area contributed by atoms with Crippen LogP contribution in [-0.4, -0.2) is 29.3 Å². The fraction of sp³-hybridized carbons (Fsp3) is 0.348. The van der Waals surface area contributed by atoms with E-state index in [1.165, 1.54) is 24.3 Å². The lowest BCUT2D eigenvalue weighted by molar-refractivity contribution is -0.126. The Balaban J connectivity index is 2.13. The summed E-state index contributed by atoms with van der Waals surface area (Å²) in [7, 11) is 0. The highest BCUT2D eigenvalue weighted by molar-refractivity contribution is 5.96. The maximum atomic E-state index is 13.6. The second-order valence-electron chi connectivity index (χ2n) is 7.45. The zero-order chi connectivity index (χ0) is 24.5. The van der Waals surface area contributed by atoms with Crippen LogP contribution in [0.15, 0.2) is 24.3 Å². The van der Waals surface area contributed by atoms with E-state index < -0.39 is 41.1 Å². The number of ketones is 1. The fourth-order valence-corrected chi connectivity index (χ4v) is 2.90. The summed E-state index contributed by atoms with van der Waals surface area (Å²) in [5.74, 6) is -3.66. The molecule has 5 N–H and O–H groups in total. The third-order valence-corrected chi connectivity index (χ3v) is 4.81. The minimum Gasteiger partial charge on any atom is -0.330 e. The Morgan fingerprint density at radius 2 is 1.64 bits per heavy atom. The average Bonchev–Trinajstić information content (AvgIpc) is 2.78. The Morgan fingerprint density at radius 1 is 1.03 bits per heavy atom. The van der Waals surface area contributed by atoms with Gasteiger partial charge in [0.2, 0.25) is 5.91 Å². The second-order valence-corrected chi connectivity index (χ2v) is 7.45. The van der Waals surface area contributed by atoms with E-state index in [9.17, 15) is 27.2 Å². The van der Waals surface area contributed by atoms with Crippen molar-refractivity contribution < 1.29 is 27.2 Å². The van der Waals surface area contributed by atoms with Crippen LogP contribution < -0.4 is 16.8 Å². The molecule has 2 atom stereocenters. The molecule has 0 bridgehead atoms. The van der Waals surface area contributed by atoms with Gasteiger partial charge in [0.25, 0.3) is 11.9 Å². The lowest BCUT2D eigenvalue weighted by Crippen LogP contribution is -2.32. The summed E-state index contributed by atoms with van der Waals surface area (Å²) >= 11 is 0. The van der Waals surface area contributed by atoms with E-state index in [-0.39, 0.29) is 23.7 Å². The quantitative estimate of drug-likeness (QED) is 0.229. The third-order valence-electron chi connectivity index (χ3n) is 4.81. The van der Waals surface area contributed by atoms with E-state index in [0.717, 1.165) is 6.42 Å². The van der Waals surface area contributed by atoms with E-state index in [2.05, 4.69) is 22.1 Å². The number of nitrogens with zero attached hydrogens (tertiary/aromatic N) is 1. The first-order chi connectivity index (χ1) is 15.6. The molecular formula is C23H24F4N4O2. The zero-order valence-corrected chi connectivity index (χ0v) is 17.9. The number of carbonyl (C=O) groups excluding carboxylic acids is 2. The molecule has 0 saturated heterocycles. The molecule has 0 aliphatic rings. The number of anilines is 1. The Morgan fingerprint density at radius 3 is 2.18 bits per heavy atom. The van der Waals surface area contributed by atoms with Gasteiger partial charge in [-0.25, -0.2) is 8.78 Å². The first kappa shape index (κ1) is 26.0. The SMILES string of the molecule is C[C@H](N)C(=O)C[C@@H](CCCCN)C(=O)Nc1ccc(C#Cc2c(F)c(F)nc(F)c2F)cc1. The van der Waals surface area contributed by atoms with Crippen LogP contribution in [0.1, 0.15) is 43.7 Å². The Kier molecular flexibility index (Phi) is 9.51. The van der Waals surface area contributed by atoms with Crippen molar-refractivity contribution in [3.63, 3.8) is 0 Å². The van der Waals surface area contributed by atoms with E-state index in [1.807, 2.05) is 0 Å². The Hall–Kier alpha value is -3.29. The molecule has 6 nitrogen and oxygen atoms in total. The van der Waals surface area contributed by atoms with Crippen LogP contribution >= 0.6 is 0 Å². The highest BCUT2D eigenvalue weighted by Crippen LogP contribution is 2.19. The van der Waals surface area contributed by atoms with Crippen LogP contribution in [0, 0.1) is 41.3 Å². The predicted molar refractivity (Wildman–Crippen MR) is 115 cm³/mol. The largest absolute Gasteiger partial charge is 0.330 e. The van der Waals surface area contributed by atoms with Crippen molar-refractivity contribution in [3.8, 4) is 11.8 Å². The van der Waals surface area contributed by atoms with Gasteiger partial charge in [-0.2, -0.15) is 13.8 Å². The van der Waals surface area contributed by atoms with Gasteiger partial charge in [-0.3, -0.25) is 9.59 Å². The molecular weight excluding hydrogens is 440 g/mol. The number of nitrogens with one attached hydrogen (secondary N) is 1. The van der Waals surface area contributed by atoms with Gasteiger partial charge in [0.05, 0.1) is 6.04 Å². The monoisotopic (exact) mass is 464 g/mol. The number of pyridine rings is 1. The van der Waals surface area contributed by atoms with Crippen LogP contribution in [0.2, 0.25) is 0 Å². The van der Waals surface area contributed by atoms with Gasteiger partial charge in [0, 0.05) is 23.6 Å². The summed E-state index contributed by atoms with van der Waals surface area (Å²) in [5, 5.41) is 2.71. The lowest BCUT2D eigenvalue weighted by atomic mass is 9.93. The predicted octanol–water partition coefficient (Wildman–Crippen LogP) is 3.03. The van der Waals surface area contributed by atoms with Gasteiger partial charge in [0.1, 0.15) is 11.3 Å². The van der Waals surface area contributed by atoms with Gasteiger partial charge in [-0.1, -0.05) is 18.3 Å². The van der Waals surface area contributed by atoms with Crippen molar-refractivity contribution >= 4 is 17.4 Å². The molecule has 1 aromatic heterocycles. The molecule has 1 aromatic carbocycles. The molecule has 2 aromatic rings. The number of hydrogen-bond acceptors (Lipinski definition) is 5. The number of aromatic nitrogens is 1. The normalized spacial score (nSPS) is 12.5. The number of hydrogen-bond donors (Lipinski definition) is 3. The number of Topliss-reactive ketones (excluding diaryl/α,β-unsaturated/α-hetero) is 1. The highest BCUT2D eigenvalue weighted by Gasteiger charge is 2.23. The summed E-state index contributed by atoms with van der Waals surface area (Å²) < 4.78 is 53.6. The van der Waals surface area contributed by atoms with E-state index >= 15 is 0 Å². The molecule has 33 heavy (non-hydrogen) atoms. The van der Waals surface area contributed by atoms with E-state index in [1.54, 1.807) is 6.92 Å². The summed E-state index contributed by atoms with van der Waals surface area (Å²) in [6.07, 6.45) is 1.88. The van der Waals surface area contributed by atoms with E-state index in [0.29, 0.717) is 25.1 Å². The number of halogens is 4. The number of benzene rings is 1. The minimum atomic E-state index is -1.79. The van der Waals surface area contributed by atoms with Crippen LogP contribution in [0.5, 0.6) is 0 Å². The molecule has 0 saturated carbocycles. The molecule has 10 heteroatoms. The summed E-state index contributed by atoms with van der Waals surface area (Å²) in [6, 6.07) is 5.20. The first-order valence-corrected chi connectivity index (χ1v) is 10.2. The zero-order valence-electron chi connectivity index (χ0n) is 17.9. The van der Waals surface area contributed by atoms with Crippen molar-refractivity contribution in [1.29, 1.82) is 0 Å². The maximum Gasteiger partial charge on any atom is 0.253 e. The van der Waals surface area contributed by atoms with Crippen LogP contribution in [0.4, 0.5) is 23.2 Å². The fourth-order valence-electron chi connectivity index (χ4n) is 2.90. The van der Waals surface area contributed by atoms with Gasteiger partial charge in [-0.05, 0) is 50.6 Å². The van der Waals surface area contributed by atoms with Gasteiger partial charge >= 0.3 is 0 Å². The molecule has 2 rings (SSSR count). The molecule has 1 heterocycles. The molecule has 0 aliphatic carbocycles. The topological polar surface area (TPSA) is 111 Å². The molecule has 1 amide bonds. The molecule has 176 valence electrons. The van der Waals surface area contributed by atoms with Crippen molar-refractivity contribution in [2.45, 2.75) is 38.6 Å². The summed E-state index contributed by atoms with van der Waals surface area (Å²) in [4.78, 5) is 27.2. The Bertz CT molecular complexity index is 1040. The second kappa shape index (κ2) is 12.1. The summed E-state index contributed by atoms with van der Waals surface area (Å²) in [5.41, 5.74) is 10.7. The third kappa shape index (κ3) is 7.37. The van der Waals surface area contributed by atoms with Crippen LogP contribution in [-0.2, 0) is 9.59 Å². The van der Waals surface area contributed by atoms with Crippen LogP contribution in [0.3, 0.4) is 0 Å². The highest BCUT2D eigenvalue weighted by atomic mass is 19.2. The molecule has 0 unspecified atom stereocenters. The number of amides is 1. The molecule has 0 aliphatic heterocycles. The average molecular weight is 464 g/mol. The minimum absolute atomic E-state index is 0.00775. The number of nitrogens with two attached hydrogens (primary N) is 2. The van der Waals surface area contributed by atoms with Crippen molar-refractivity contribution in [2.75, 3.05) is 11.9 Å². The molecule has 0 spiro atoms. The number of rotatable bonds is 9. The van der Waals surface area contributed by atoms with Gasteiger partial charge in [-0.15, -0.1) is 0 Å². The van der Waals surface area contributed by atoms with Crippen molar-refractivity contribution in [3.05, 3.63) is 58.9 Å². The molecule has 0 fully saturated rings. The molecule has 0 radical (unpaired) electrons. The van der Waals surface area contributed by atoms with Crippen molar-refractivity contribution in [2.24, 2.45) is 17.4 Å². The van der Waals surface area contributed by atoms with Crippen molar-refractivity contribution in [1.82, 2.24) is 4.98 Å². The number of unbranched alkanes of at least 4 members (excludes halogenated alkanes) is 1. The van der Waals surface area contributed by atoms with Crippen LogP contribution in [0.25, 0.3) is 0 Å². The summed E-state index contributed by atoms with van der Waals surface area (Å²) in [6.45, 7) is 2.04. The lowest BCUT2D eigenvalue weighted by Gasteiger charge is -2.17. The maximum absolute atomic E-state index is 13.6. The number of carbonyl (C=O) groups is 2. The smallest absolute Gasteiger partial charge is 0.253 e.